The number of aliphatic hydroxyl groups excluding tert-OH is 1. The molecule has 0 radical (unpaired) electrons. The van der Waals surface area contributed by atoms with E-state index in [0.717, 1.165) is 35.1 Å². The summed E-state index contributed by atoms with van der Waals surface area (Å²) in [4.78, 5) is 11.6. The van der Waals surface area contributed by atoms with Gasteiger partial charge in [0.15, 0.2) is 0 Å². The fraction of sp³-hybridized carbons (Fsp3) is 0.286. The molecule has 2 rings (SSSR count). The standard InChI is InChI=1S/C21H24O3/c1-4-5-16-6-8-17(9-7-16)18-10-11-19(13-22)20(12-18)14-24-21(23)15(2)3/h6-12,22H,2,4-5,13-14H2,1,3H3. The molecule has 126 valence electrons. The average Bonchev–Trinajstić information content (AvgIpc) is 2.60. The third-order valence-electron chi connectivity index (χ3n) is 3.91. The van der Waals surface area contributed by atoms with E-state index in [1.54, 1.807) is 6.92 Å². The van der Waals surface area contributed by atoms with Gasteiger partial charge in [-0.3, -0.25) is 0 Å². The van der Waals surface area contributed by atoms with Crippen molar-refractivity contribution in [1.29, 1.82) is 0 Å². The van der Waals surface area contributed by atoms with Crippen LogP contribution in [0.5, 0.6) is 0 Å². The smallest absolute Gasteiger partial charge is 0.333 e. The summed E-state index contributed by atoms with van der Waals surface area (Å²) in [6.45, 7) is 7.40. The van der Waals surface area contributed by atoms with Crippen LogP contribution in [-0.4, -0.2) is 11.1 Å². The number of rotatable bonds is 7. The summed E-state index contributed by atoms with van der Waals surface area (Å²) in [5.74, 6) is -0.423. The van der Waals surface area contributed by atoms with Crippen molar-refractivity contribution in [2.24, 2.45) is 0 Å². The molecule has 0 aromatic heterocycles. The van der Waals surface area contributed by atoms with Gasteiger partial charge in [-0.1, -0.05) is 56.3 Å². The highest BCUT2D eigenvalue weighted by Gasteiger charge is 2.09. The maximum absolute atomic E-state index is 11.6. The van der Waals surface area contributed by atoms with Crippen LogP contribution in [0.1, 0.15) is 37.0 Å². The van der Waals surface area contributed by atoms with Crippen LogP contribution in [0.15, 0.2) is 54.6 Å². The molecule has 0 aliphatic rings. The van der Waals surface area contributed by atoms with Gasteiger partial charge in [0.2, 0.25) is 0 Å². The molecule has 0 aliphatic heterocycles. The van der Waals surface area contributed by atoms with Crippen LogP contribution >= 0.6 is 0 Å². The number of carbonyl (C=O) groups excluding carboxylic acids is 1. The number of esters is 1. The zero-order valence-corrected chi connectivity index (χ0v) is 14.3. The van der Waals surface area contributed by atoms with Crippen molar-refractivity contribution in [3.63, 3.8) is 0 Å². The Labute approximate surface area is 143 Å². The highest BCUT2D eigenvalue weighted by Crippen LogP contribution is 2.24. The highest BCUT2D eigenvalue weighted by molar-refractivity contribution is 5.86. The van der Waals surface area contributed by atoms with Gasteiger partial charge in [-0.05, 0) is 47.2 Å². The molecule has 0 amide bonds. The van der Waals surface area contributed by atoms with Gasteiger partial charge in [-0.15, -0.1) is 0 Å². The number of aryl methyl sites for hydroxylation is 1. The Morgan fingerprint density at radius 2 is 1.75 bits per heavy atom. The summed E-state index contributed by atoms with van der Waals surface area (Å²) in [6.07, 6.45) is 2.20. The van der Waals surface area contributed by atoms with Gasteiger partial charge in [0, 0.05) is 5.57 Å². The third kappa shape index (κ3) is 4.56. The minimum absolute atomic E-state index is 0.0876. The molecule has 2 aromatic carbocycles. The van der Waals surface area contributed by atoms with E-state index in [1.807, 2.05) is 18.2 Å². The number of hydrogen-bond donors (Lipinski definition) is 1. The van der Waals surface area contributed by atoms with E-state index in [4.69, 9.17) is 4.74 Å². The zero-order valence-electron chi connectivity index (χ0n) is 14.3. The summed E-state index contributed by atoms with van der Waals surface area (Å²) in [7, 11) is 0. The van der Waals surface area contributed by atoms with Gasteiger partial charge in [-0.2, -0.15) is 0 Å². The molecule has 0 fully saturated rings. The summed E-state index contributed by atoms with van der Waals surface area (Å²) < 4.78 is 5.22. The molecule has 2 aromatic rings. The third-order valence-corrected chi connectivity index (χ3v) is 3.91. The first-order chi connectivity index (χ1) is 11.5. The van der Waals surface area contributed by atoms with E-state index in [-0.39, 0.29) is 13.2 Å². The molecule has 0 unspecified atom stereocenters. The largest absolute Gasteiger partial charge is 0.457 e. The molecule has 0 bridgehead atoms. The molecule has 24 heavy (non-hydrogen) atoms. The van der Waals surface area contributed by atoms with Crippen LogP contribution in [0.3, 0.4) is 0 Å². The number of carbonyl (C=O) groups is 1. The van der Waals surface area contributed by atoms with E-state index in [2.05, 4.69) is 37.8 Å². The summed E-state index contributed by atoms with van der Waals surface area (Å²) >= 11 is 0. The number of benzene rings is 2. The molecular formula is C21H24O3. The topological polar surface area (TPSA) is 46.5 Å². The number of aliphatic hydroxyl groups is 1. The Bertz CT molecular complexity index is 714. The fourth-order valence-electron chi connectivity index (χ4n) is 2.51. The second-order valence-electron chi connectivity index (χ2n) is 5.94. The van der Waals surface area contributed by atoms with Crippen molar-refractivity contribution < 1.29 is 14.6 Å². The molecule has 3 heteroatoms. The lowest BCUT2D eigenvalue weighted by Gasteiger charge is -2.12. The molecular weight excluding hydrogens is 300 g/mol. The lowest BCUT2D eigenvalue weighted by atomic mass is 9.98. The second-order valence-corrected chi connectivity index (χ2v) is 5.94. The maximum atomic E-state index is 11.6. The van der Waals surface area contributed by atoms with Crippen molar-refractivity contribution in [3.8, 4) is 11.1 Å². The van der Waals surface area contributed by atoms with E-state index < -0.39 is 5.97 Å². The Hall–Kier alpha value is -2.39. The van der Waals surface area contributed by atoms with E-state index >= 15 is 0 Å². The zero-order chi connectivity index (χ0) is 17.5. The van der Waals surface area contributed by atoms with Gasteiger partial charge in [0.25, 0.3) is 0 Å². The summed E-state index contributed by atoms with van der Waals surface area (Å²) in [6, 6.07) is 14.3. The minimum Gasteiger partial charge on any atom is -0.457 e. The van der Waals surface area contributed by atoms with Crippen molar-refractivity contribution in [1.82, 2.24) is 0 Å². The summed E-state index contributed by atoms with van der Waals surface area (Å²) in [5.41, 5.74) is 5.40. The number of ether oxygens (including phenoxy) is 1. The van der Waals surface area contributed by atoms with Gasteiger partial charge in [0.1, 0.15) is 6.61 Å². The average molecular weight is 324 g/mol. The Balaban J connectivity index is 2.23. The van der Waals surface area contributed by atoms with Crippen LogP contribution in [0.25, 0.3) is 11.1 Å². The highest BCUT2D eigenvalue weighted by atomic mass is 16.5. The Morgan fingerprint density at radius 3 is 2.33 bits per heavy atom. The predicted octanol–water partition coefficient (Wildman–Crippen LogP) is 4.42. The maximum Gasteiger partial charge on any atom is 0.333 e. The molecule has 1 N–H and O–H groups in total. The normalized spacial score (nSPS) is 10.5. The SMILES string of the molecule is C=C(C)C(=O)OCc1cc(-c2ccc(CCC)cc2)ccc1CO. The van der Waals surface area contributed by atoms with Crippen LogP contribution in [0, 0.1) is 0 Å². The molecule has 0 heterocycles. The van der Waals surface area contributed by atoms with Crippen LogP contribution < -0.4 is 0 Å². The fourth-order valence-corrected chi connectivity index (χ4v) is 2.51. The first kappa shape index (κ1) is 18.0. The number of hydrogen-bond acceptors (Lipinski definition) is 3. The monoisotopic (exact) mass is 324 g/mol. The molecule has 0 atom stereocenters. The van der Waals surface area contributed by atoms with Crippen molar-refractivity contribution in [3.05, 3.63) is 71.3 Å². The van der Waals surface area contributed by atoms with Crippen molar-refractivity contribution >= 4 is 5.97 Å². The van der Waals surface area contributed by atoms with Crippen LogP contribution in [0.2, 0.25) is 0 Å². The lowest BCUT2D eigenvalue weighted by molar-refractivity contribution is -0.140. The molecule has 0 saturated heterocycles. The Kier molecular flexibility index (Phi) is 6.33. The van der Waals surface area contributed by atoms with Crippen molar-refractivity contribution in [2.45, 2.75) is 39.9 Å². The van der Waals surface area contributed by atoms with Crippen LogP contribution in [-0.2, 0) is 29.2 Å². The molecule has 3 nitrogen and oxygen atoms in total. The van der Waals surface area contributed by atoms with Gasteiger partial charge < -0.3 is 9.84 Å². The van der Waals surface area contributed by atoms with E-state index in [1.165, 1.54) is 5.56 Å². The van der Waals surface area contributed by atoms with Gasteiger partial charge in [-0.25, -0.2) is 4.79 Å². The predicted molar refractivity (Wildman–Crippen MR) is 96.4 cm³/mol. The Morgan fingerprint density at radius 1 is 1.08 bits per heavy atom. The van der Waals surface area contributed by atoms with Crippen molar-refractivity contribution in [2.75, 3.05) is 0 Å². The molecule has 0 spiro atoms. The lowest BCUT2D eigenvalue weighted by Crippen LogP contribution is -2.06. The van der Waals surface area contributed by atoms with E-state index in [9.17, 15) is 9.90 Å². The first-order valence-corrected chi connectivity index (χ1v) is 8.19. The minimum atomic E-state index is -0.423. The second kappa shape index (κ2) is 8.46. The van der Waals surface area contributed by atoms with Gasteiger partial charge >= 0.3 is 5.97 Å². The van der Waals surface area contributed by atoms with Gasteiger partial charge in [0.05, 0.1) is 6.61 Å². The van der Waals surface area contributed by atoms with Crippen LogP contribution in [0.4, 0.5) is 0 Å². The quantitative estimate of drug-likeness (QED) is 0.606. The summed E-state index contributed by atoms with van der Waals surface area (Å²) in [5, 5.41) is 9.49. The first-order valence-electron chi connectivity index (χ1n) is 8.19. The molecule has 0 aliphatic carbocycles. The van der Waals surface area contributed by atoms with E-state index in [0.29, 0.717) is 5.57 Å². The molecule has 0 saturated carbocycles.